The van der Waals surface area contributed by atoms with Gasteiger partial charge in [-0.1, -0.05) is 24.2 Å². The van der Waals surface area contributed by atoms with Crippen LogP contribution in [0.2, 0.25) is 0 Å². The molecule has 34 heavy (non-hydrogen) atoms. The average molecular weight is 463 g/mol. The average Bonchev–Trinajstić information content (AvgIpc) is 3.37. The van der Waals surface area contributed by atoms with Crippen molar-refractivity contribution in [2.24, 2.45) is 0 Å². The Morgan fingerprint density at radius 3 is 2.26 bits per heavy atom. The van der Waals surface area contributed by atoms with Crippen molar-refractivity contribution in [2.75, 3.05) is 32.8 Å². The molecule has 1 aliphatic heterocycles. The van der Waals surface area contributed by atoms with E-state index in [2.05, 4.69) is 17.1 Å². The molecule has 2 heterocycles. The number of benzene rings is 2. The molecule has 1 aliphatic rings. The zero-order valence-electron chi connectivity index (χ0n) is 19.7. The summed E-state index contributed by atoms with van der Waals surface area (Å²) in [7, 11) is 0. The van der Waals surface area contributed by atoms with E-state index in [4.69, 9.17) is 9.26 Å². The molecule has 0 saturated carbocycles. The number of nitrogens with zero attached hydrogens (tertiary/aromatic N) is 4. The summed E-state index contributed by atoms with van der Waals surface area (Å²) >= 11 is 0. The molecular formula is C26H30N4O4. The Morgan fingerprint density at radius 1 is 0.941 bits per heavy atom. The third-order valence-electron chi connectivity index (χ3n) is 5.97. The molecule has 1 aromatic heterocycles. The lowest BCUT2D eigenvalue weighted by Crippen LogP contribution is -2.50. The van der Waals surface area contributed by atoms with E-state index in [9.17, 15) is 9.59 Å². The molecular weight excluding hydrogens is 432 g/mol. The standard InChI is InChI=1S/C26H30N4O4/c1-3-19-5-7-21(8-6-19)26(32)30-17-15-29(16-18-30)24(31)14-13-23-27-25(28-34-23)20-9-11-22(12-10-20)33-4-2/h5-12H,3-4,13-18H2,1-2H3. The predicted molar refractivity (Wildman–Crippen MR) is 128 cm³/mol. The van der Waals surface area contributed by atoms with Crippen LogP contribution < -0.4 is 4.74 Å². The first-order chi connectivity index (χ1) is 16.6. The number of rotatable bonds is 8. The summed E-state index contributed by atoms with van der Waals surface area (Å²) in [4.78, 5) is 33.5. The van der Waals surface area contributed by atoms with Crippen molar-refractivity contribution in [1.29, 1.82) is 0 Å². The minimum Gasteiger partial charge on any atom is -0.494 e. The van der Waals surface area contributed by atoms with Gasteiger partial charge in [-0.3, -0.25) is 9.59 Å². The summed E-state index contributed by atoms with van der Waals surface area (Å²) < 4.78 is 10.8. The molecule has 2 amide bonds. The van der Waals surface area contributed by atoms with Gasteiger partial charge in [0.05, 0.1) is 6.61 Å². The molecule has 1 saturated heterocycles. The van der Waals surface area contributed by atoms with Crippen LogP contribution in [0, 0.1) is 0 Å². The van der Waals surface area contributed by atoms with Crippen LogP contribution in [-0.4, -0.2) is 64.5 Å². The van der Waals surface area contributed by atoms with E-state index in [1.807, 2.05) is 60.4 Å². The Hall–Kier alpha value is -3.68. The van der Waals surface area contributed by atoms with E-state index < -0.39 is 0 Å². The highest BCUT2D eigenvalue weighted by Gasteiger charge is 2.25. The van der Waals surface area contributed by atoms with Crippen LogP contribution in [0.25, 0.3) is 11.4 Å². The van der Waals surface area contributed by atoms with Crippen LogP contribution in [0.15, 0.2) is 53.1 Å². The quantitative estimate of drug-likeness (QED) is 0.508. The smallest absolute Gasteiger partial charge is 0.253 e. The number of ether oxygens (including phenoxy) is 1. The number of piperazine rings is 1. The summed E-state index contributed by atoms with van der Waals surface area (Å²) in [5.41, 5.74) is 2.73. The molecule has 178 valence electrons. The molecule has 2 aromatic carbocycles. The van der Waals surface area contributed by atoms with Gasteiger partial charge in [0.25, 0.3) is 5.91 Å². The molecule has 8 nitrogen and oxygen atoms in total. The zero-order chi connectivity index (χ0) is 23.9. The Bertz CT molecular complexity index is 1100. The number of amides is 2. The van der Waals surface area contributed by atoms with E-state index in [0.29, 0.717) is 56.5 Å². The molecule has 0 unspecified atom stereocenters. The topological polar surface area (TPSA) is 88.8 Å². The van der Waals surface area contributed by atoms with Crippen LogP contribution in [0.4, 0.5) is 0 Å². The number of carbonyl (C=O) groups excluding carboxylic acids is 2. The largest absolute Gasteiger partial charge is 0.494 e. The van der Waals surface area contributed by atoms with Gasteiger partial charge in [0.1, 0.15) is 5.75 Å². The third kappa shape index (κ3) is 5.62. The second kappa shape index (κ2) is 11.0. The molecule has 0 spiro atoms. The molecule has 1 fully saturated rings. The number of hydrogen-bond donors (Lipinski definition) is 0. The summed E-state index contributed by atoms with van der Waals surface area (Å²) in [5.74, 6) is 1.76. The highest BCUT2D eigenvalue weighted by molar-refractivity contribution is 5.94. The second-order valence-electron chi connectivity index (χ2n) is 8.19. The van der Waals surface area contributed by atoms with Crippen molar-refractivity contribution in [3.05, 3.63) is 65.5 Å². The highest BCUT2D eigenvalue weighted by Crippen LogP contribution is 2.20. The van der Waals surface area contributed by atoms with Crippen molar-refractivity contribution >= 4 is 11.8 Å². The van der Waals surface area contributed by atoms with E-state index in [1.165, 1.54) is 5.56 Å². The third-order valence-corrected chi connectivity index (χ3v) is 5.97. The lowest BCUT2D eigenvalue weighted by Gasteiger charge is -2.34. The molecule has 0 bridgehead atoms. The predicted octanol–water partition coefficient (Wildman–Crippen LogP) is 3.61. The minimum absolute atomic E-state index is 0.0161. The summed E-state index contributed by atoms with van der Waals surface area (Å²) in [6.45, 7) is 6.75. The van der Waals surface area contributed by atoms with Crippen LogP contribution in [0.5, 0.6) is 5.75 Å². The maximum Gasteiger partial charge on any atom is 0.253 e. The van der Waals surface area contributed by atoms with Crippen LogP contribution >= 0.6 is 0 Å². The first-order valence-electron chi connectivity index (χ1n) is 11.8. The fourth-order valence-electron chi connectivity index (χ4n) is 3.94. The number of aryl methyl sites for hydroxylation is 2. The second-order valence-corrected chi connectivity index (χ2v) is 8.19. The van der Waals surface area contributed by atoms with Crippen molar-refractivity contribution in [3.8, 4) is 17.1 Å². The SMILES string of the molecule is CCOc1ccc(-c2noc(CCC(=O)N3CCN(C(=O)c4ccc(CC)cc4)CC3)n2)cc1. The normalized spacial score (nSPS) is 13.7. The Kier molecular flexibility index (Phi) is 7.57. The Balaban J connectivity index is 1.25. The molecule has 8 heteroatoms. The van der Waals surface area contributed by atoms with Gasteiger partial charge in [0.2, 0.25) is 17.6 Å². The zero-order valence-corrected chi connectivity index (χ0v) is 19.7. The highest BCUT2D eigenvalue weighted by atomic mass is 16.5. The van der Waals surface area contributed by atoms with E-state index in [-0.39, 0.29) is 18.2 Å². The first-order valence-corrected chi connectivity index (χ1v) is 11.8. The Morgan fingerprint density at radius 2 is 1.62 bits per heavy atom. The summed E-state index contributed by atoms with van der Waals surface area (Å²) in [6, 6.07) is 15.2. The van der Waals surface area contributed by atoms with E-state index in [1.54, 1.807) is 4.90 Å². The van der Waals surface area contributed by atoms with Gasteiger partial charge in [-0.25, -0.2) is 0 Å². The van der Waals surface area contributed by atoms with Crippen LogP contribution in [0.1, 0.15) is 42.1 Å². The summed E-state index contributed by atoms with van der Waals surface area (Å²) in [5, 5.41) is 4.03. The number of hydrogen-bond acceptors (Lipinski definition) is 6. The van der Waals surface area contributed by atoms with Gasteiger partial charge in [0.15, 0.2) is 0 Å². The van der Waals surface area contributed by atoms with Crippen LogP contribution in [-0.2, 0) is 17.6 Å². The van der Waals surface area contributed by atoms with Crippen molar-refractivity contribution in [1.82, 2.24) is 19.9 Å². The monoisotopic (exact) mass is 462 g/mol. The van der Waals surface area contributed by atoms with Crippen molar-refractivity contribution in [3.63, 3.8) is 0 Å². The number of carbonyl (C=O) groups is 2. The molecule has 0 atom stereocenters. The fraction of sp³-hybridized carbons (Fsp3) is 0.385. The lowest BCUT2D eigenvalue weighted by atomic mass is 10.1. The minimum atomic E-state index is 0.0161. The van der Waals surface area contributed by atoms with Crippen molar-refractivity contribution in [2.45, 2.75) is 33.1 Å². The van der Waals surface area contributed by atoms with Gasteiger partial charge in [-0.05, 0) is 55.3 Å². The van der Waals surface area contributed by atoms with Gasteiger partial charge >= 0.3 is 0 Å². The van der Waals surface area contributed by atoms with Crippen LogP contribution in [0.3, 0.4) is 0 Å². The van der Waals surface area contributed by atoms with Gasteiger partial charge in [-0.2, -0.15) is 4.98 Å². The van der Waals surface area contributed by atoms with Gasteiger partial charge in [-0.15, -0.1) is 0 Å². The van der Waals surface area contributed by atoms with E-state index in [0.717, 1.165) is 17.7 Å². The maximum absolute atomic E-state index is 12.7. The first kappa shape index (κ1) is 23.5. The number of aromatic nitrogens is 2. The fourth-order valence-corrected chi connectivity index (χ4v) is 3.94. The summed E-state index contributed by atoms with van der Waals surface area (Å²) in [6.07, 6.45) is 1.62. The molecule has 3 aromatic rings. The van der Waals surface area contributed by atoms with Gasteiger partial charge < -0.3 is 19.1 Å². The van der Waals surface area contributed by atoms with Gasteiger partial charge in [0, 0.05) is 50.1 Å². The maximum atomic E-state index is 12.7. The molecule has 4 rings (SSSR count). The molecule has 0 aliphatic carbocycles. The molecule has 0 radical (unpaired) electrons. The van der Waals surface area contributed by atoms with Crippen molar-refractivity contribution < 1.29 is 18.8 Å². The van der Waals surface area contributed by atoms with E-state index >= 15 is 0 Å². The molecule has 0 N–H and O–H groups in total. The lowest BCUT2D eigenvalue weighted by molar-refractivity contribution is -0.132. The Labute approximate surface area is 199 Å².